The predicted octanol–water partition coefficient (Wildman–Crippen LogP) is 4.51. The summed E-state index contributed by atoms with van der Waals surface area (Å²) >= 11 is 3.50. The largest absolute Gasteiger partial charge is 0.381 e. The van der Waals surface area contributed by atoms with Crippen molar-refractivity contribution in [1.82, 2.24) is 0 Å². The maximum atomic E-state index is 13.1. The fraction of sp³-hybridized carbons (Fsp3) is 0.143. The quantitative estimate of drug-likeness (QED) is 0.878. The smallest absolute Gasteiger partial charge is 0.126 e. The van der Waals surface area contributed by atoms with Crippen LogP contribution in [0, 0.1) is 12.7 Å². The molecule has 3 heteroatoms. The van der Waals surface area contributed by atoms with Gasteiger partial charge >= 0.3 is 0 Å². The van der Waals surface area contributed by atoms with Crippen LogP contribution in [0.15, 0.2) is 46.9 Å². The highest BCUT2D eigenvalue weighted by Gasteiger charge is 2.00. The molecule has 0 aliphatic carbocycles. The first-order valence-corrected chi connectivity index (χ1v) is 6.19. The van der Waals surface area contributed by atoms with Crippen molar-refractivity contribution in [3.05, 3.63) is 63.9 Å². The second-order valence-electron chi connectivity index (χ2n) is 3.91. The number of halogens is 2. The van der Waals surface area contributed by atoms with Crippen LogP contribution in [-0.4, -0.2) is 0 Å². The zero-order valence-corrected chi connectivity index (χ0v) is 11.1. The molecule has 0 aliphatic heterocycles. The molecule has 0 aromatic heterocycles. The highest BCUT2D eigenvalue weighted by atomic mass is 79.9. The van der Waals surface area contributed by atoms with Gasteiger partial charge in [-0.15, -0.1) is 0 Å². The minimum absolute atomic E-state index is 0.170. The third-order valence-corrected chi connectivity index (χ3v) is 3.37. The van der Waals surface area contributed by atoms with Crippen LogP contribution in [0.3, 0.4) is 0 Å². The number of benzene rings is 2. The van der Waals surface area contributed by atoms with E-state index in [4.69, 9.17) is 0 Å². The first-order chi connectivity index (χ1) is 8.16. The molecule has 2 aromatic rings. The van der Waals surface area contributed by atoms with Gasteiger partial charge in [0.1, 0.15) is 5.82 Å². The maximum absolute atomic E-state index is 13.1. The maximum Gasteiger partial charge on any atom is 0.126 e. The second kappa shape index (κ2) is 5.32. The van der Waals surface area contributed by atoms with Gasteiger partial charge in [0.25, 0.3) is 0 Å². The normalized spacial score (nSPS) is 10.3. The number of rotatable bonds is 3. The van der Waals surface area contributed by atoms with E-state index in [0.717, 1.165) is 10.2 Å². The molecule has 0 spiro atoms. The zero-order chi connectivity index (χ0) is 12.3. The molecule has 0 unspecified atom stereocenters. The Morgan fingerprint density at radius 1 is 1.18 bits per heavy atom. The van der Waals surface area contributed by atoms with E-state index in [0.29, 0.717) is 12.1 Å². The van der Waals surface area contributed by atoms with Gasteiger partial charge in [-0.2, -0.15) is 0 Å². The first kappa shape index (κ1) is 12.1. The molecule has 88 valence electrons. The Labute approximate surface area is 109 Å². The van der Waals surface area contributed by atoms with Crippen molar-refractivity contribution < 1.29 is 4.39 Å². The molecule has 17 heavy (non-hydrogen) atoms. The van der Waals surface area contributed by atoms with Crippen molar-refractivity contribution in [2.75, 3.05) is 5.32 Å². The summed E-state index contributed by atoms with van der Waals surface area (Å²) in [5, 5.41) is 3.27. The molecular formula is C14H13BrFN. The molecule has 0 saturated carbocycles. The van der Waals surface area contributed by atoms with Gasteiger partial charge in [0, 0.05) is 16.7 Å². The van der Waals surface area contributed by atoms with Crippen LogP contribution < -0.4 is 5.32 Å². The van der Waals surface area contributed by atoms with Crippen LogP contribution in [-0.2, 0) is 6.54 Å². The van der Waals surface area contributed by atoms with E-state index in [-0.39, 0.29) is 5.82 Å². The van der Waals surface area contributed by atoms with Gasteiger partial charge < -0.3 is 5.32 Å². The Bertz CT molecular complexity index is 525. The zero-order valence-electron chi connectivity index (χ0n) is 9.50. The van der Waals surface area contributed by atoms with Crippen molar-refractivity contribution in [3.8, 4) is 0 Å². The molecule has 0 saturated heterocycles. The van der Waals surface area contributed by atoms with Gasteiger partial charge in [-0.3, -0.25) is 0 Å². The molecular weight excluding hydrogens is 281 g/mol. The van der Waals surface area contributed by atoms with Gasteiger partial charge in [0.15, 0.2) is 0 Å². The standard InChI is InChI=1S/C14H13BrFN/c1-10-8-12(6-7-14(10)16)17-9-11-4-2-3-5-13(11)15/h2-8,17H,9H2,1H3. The van der Waals surface area contributed by atoms with E-state index < -0.39 is 0 Å². The van der Waals surface area contributed by atoms with E-state index in [1.807, 2.05) is 30.3 Å². The van der Waals surface area contributed by atoms with Crippen molar-refractivity contribution in [2.24, 2.45) is 0 Å². The summed E-state index contributed by atoms with van der Waals surface area (Å²) in [7, 11) is 0. The summed E-state index contributed by atoms with van der Waals surface area (Å²) in [5.41, 5.74) is 2.76. The molecule has 1 N–H and O–H groups in total. The first-order valence-electron chi connectivity index (χ1n) is 5.40. The monoisotopic (exact) mass is 293 g/mol. The summed E-state index contributed by atoms with van der Waals surface area (Å²) in [6, 6.07) is 13.1. The Kier molecular flexibility index (Phi) is 3.79. The average Bonchev–Trinajstić information content (AvgIpc) is 2.32. The van der Waals surface area contributed by atoms with Crippen molar-refractivity contribution in [2.45, 2.75) is 13.5 Å². The average molecular weight is 294 g/mol. The molecule has 0 radical (unpaired) electrons. The summed E-state index contributed by atoms with van der Waals surface area (Å²) in [4.78, 5) is 0. The highest BCUT2D eigenvalue weighted by molar-refractivity contribution is 9.10. The lowest BCUT2D eigenvalue weighted by Crippen LogP contribution is -2.00. The van der Waals surface area contributed by atoms with E-state index in [1.165, 1.54) is 11.6 Å². The van der Waals surface area contributed by atoms with Gasteiger partial charge in [-0.25, -0.2) is 4.39 Å². The lowest BCUT2D eigenvalue weighted by atomic mass is 10.2. The minimum Gasteiger partial charge on any atom is -0.381 e. The third-order valence-electron chi connectivity index (χ3n) is 2.60. The molecule has 2 aromatic carbocycles. The van der Waals surface area contributed by atoms with Crippen molar-refractivity contribution in [3.63, 3.8) is 0 Å². The Morgan fingerprint density at radius 3 is 2.65 bits per heavy atom. The molecule has 0 heterocycles. The molecule has 0 amide bonds. The van der Waals surface area contributed by atoms with E-state index in [2.05, 4.69) is 21.2 Å². The summed E-state index contributed by atoms with van der Waals surface area (Å²) in [5.74, 6) is -0.170. The van der Waals surface area contributed by atoms with Crippen molar-refractivity contribution in [1.29, 1.82) is 0 Å². The summed E-state index contributed by atoms with van der Waals surface area (Å²) < 4.78 is 14.2. The van der Waals surface area contributed by atoms with Crippen LogP contribution in [0.2, 0.25) is 0 Å². The molecule has 1 nitrogen and oxygen atoms in total. The van der Waals surface area contributed by atoms with Crippen LogP contribution in [0.4, 0.5) is 10.1 Å². The van der Waals surface area contributed by atoms with Crippen LogP contribution in [0.25, 0.3) is 0 Å². The van der Waals surface area contributed by atoms with E-state index in [9.17, 15) is 4.39 Å². The lowest BCUT2D eigenvalue weighted by molar-refractivity contribution is 0.618. The predicted molar refractivity (Wildman–Crippen MR) is 72.6 cm³/mol. The lowest BCUT2D eigenvalue weighted by Gasteiger charge is -2.09. The van der Waals surface area contributed by atoms with Crippen molar-refractivity contribution >= 4 is 21.6 Å². The Morgan fingerprint density at radius 2 is 1.94 bits per heavy atom. The summed E-state index contributed by atoms with van der Waals surface area (Å²) in [6.45, 7) is 2.48. The Balaban J connectivity index is 2.08. The fourth-order valence-electron chi connectivity index (χ4n) is 1.59. The minimum atomic E-state index is -0.170. The molecule has 2 rings (SSSR count). The number of hydrogen-bond acceptors (Lipinski definition) is 1. The van der Waals surface area contributed by atoms with Crippen LogP contribution in [0.5, 0.6) is 0 Å². The van der Waals surface area contributed by atoms with Gasteiger partial charge in [0.2, 0.25) is 0 Å². The molecule has 0 bridgehead atoms. The SMILES string of the molecule is Cc1cc(NCc2ccccc2Br)ccc1F. The second-order valence-corrected chi connectivity index (χ2v) is 4.76. The number of anilines is 1. The molecule has 0 fully saturated rings. The van der Waals surface area contributed by atoms with Gasteiger partial charge in [-0.1, -0.05) is 34.1 Å². The molecule has 0 atom stereocenters. The van der Waals surface area contributed by atoms with E-state index >= 15 is 0 Å². The number of aryl methyl sites for hydroxylation is 1. The fourth-order valence-corrected chi connectivity index (χ4v) is 2.02. The van der Waals surface area contributed by atoms with E-state index in [1.54, 1.807) is 13.0 Å². The van der Waals surface area contributed by atoms with Gasteiger partial charge in [-0.05, 0) is 42.3 Å². The third kappa shape index (κ3) is 3.07. The number of nitrogens with one attached hydrogen (secondary N) is 1. The Hall–Kier alpha value is -1.35. The van der Waals surface area contributed by atoms with Crippen LogP contribution in [0.1, 0.15) is 11.1 Å². The van der Waals surface area contributed by atoms with Crippen LogP contribution >= 0.6 is 15.9 Å². The number of hydrogen-bond donors (Lipinski definition) is 1. The molecule has 0 aliphatic rings. The summed E-state index contributed by atoms with van der Waals surface area (Å²) in [6.07, 6.45) is 0. The topological polar surface area (TPSA) is 12.0 Å². The van der Waals surface area contributed by atoms with Gasteiger partial charge in [0.05, 0.1) is 0 Å². The highest BCUT2D eigenvalue weighted by Crippen LogP contribution is 2.19.